The molecule has 0 bridgehead atoms. The molecule has 0 fully saturated rings. The van der Waals surface area contributed by atoms with E-state index in [1.54, 1.807) is 6.92 Å². The largest absolute Gasteiger partial charge is 0.382 e. The lowest BCUT2D eigenvalue weighted by Gasteiger charge is -2.05. The molecule has 0 atom stereocenters. The smallest absolute Gasteiger partial charge is 0.163 e. The molecular weight excluding hydrogens is 276 g/mol. The third-order valence-corrected chi connectivity index (χ3v) is 4.01. The maximum Gasteiger partial charge on any atom is 0.163 e. The van der Waals surface area contributed by atoms with Gasteiger partial charge in [-0.2, -0.15) is 15.0 Å². The zero-order valence-corrected chi connectivity index (χ0v) is 12.0. The van der Waals surface area contributed by atoms with Crippen LogP contribution in [-0.4, -0.2) is 14.1 Å². The average molecular weight is 288 g/mol. The zero-order valence-electron chi connectivity index (χ0n) is 10.3. The van der Waals surface area contributed by atoms with Gasteiger partial charge >= 0.3 is 0 Å². The van der Waals surface area contributed by atoms with Crippen molar-refractivity contribution in [3.63, 3.8) is 0 Å². The molecule has 19 heavy (non-hydrogen) atoms. The SMILES string of the molecule is Cc1nn(C(=S)SCc2ccccc2)c(N)c1C#N. The van der Waals surface area contributed by atoms with Crippen LogP contribution in [0, 0.1) is 18.3 Å². The van der Waals surface area contributed by atoms with Crippen molar-refractivity contribution >= 4 is 34.1 Å². The van der Waals surface area contributed by atoms with Crippen LogP contribution in [0.1, 0.15) is 16.8 Å². The molecule has 1 aromatic carbocycles. The normalized spacial score (nSPS) is 10.1. The third-order valence-electron chi connectivity index (χ3n) is 2.59. The molecule has 0 unspecified atom stereocenters. The maximum absolute atomic E-state index is 8.97. The van der Waals surface area contributed by atoms with Crippen LogP contribution in [0.5, 0.6) is 0 Å². The Morgan fingerprint density at radius 1 is 1.47 bits per heavy atom. The minimum absolute atomic E-state index is 0.311. The van der Waals surface area contributed by atoms with Gasteiger partial charge in [0, 0.05) is 5.75 Å². The van der Waals surface area contributed by atoms with Gasteiger partial charge in [0.1, 0.15) is 17.5 Å². The van der Waals surface area contributed by atoms with Crippen molar-refractivity contribution < 1.29 is 0 Å². The number of hydrogen-bond donors (Lipinski definition) is 1. The first-order chi connectivity index (χ1) is 9.13. The fourth-order valence-electron chi connectivity index (χ4n) is 1.60. The number of anilines is 1. The van der Waals surface area contributed by atoms with Gasteiger partial charge in [-0.15, -0.1) is 0 Å². The van der Waals surface area contributed by atoms with Crippen molar-refractivity contribution in [3.8, 4) is 6.07 Å². The van der Waals surface area contributed by atoms with Gasteiger partial charge in [-0.3, -0.25) is 0 Å². The minimum atomic E-state index is 0.311. The van der Waals surface area contributed by atoms with Gasteiger partial charge in [-0.25, -0.2) is 0 Å². The number of aryl methyl sites for hydroxylation is 1. The predicted octanol–water partition coefficient (Wildman–Crippen LogP) is 2.71. The summed E-state index contributed by atoms with van der Waals surface area (Å²) in [7, 11) is 0. The van der Waals surface area contributed by atoms with E-state index in [2.05, 4.69) is 5.10 Å². The van der Waals surface area contributed by atoms with Gasteiger partial charge < -0.3 is 5.73 Å². The van der Waals surface area contributed by atoms with Gasteiger partial charge in [0.15, 0.2) is 4.32 Å². The Morgan fingerprint density at radius 3 is 2.74 bits per heavy atom. The molecule has 0 spiro atoms. The van der Waals surface area contributed by atoms with Gasteiger partial charge in [-0.1, -0.05) is 54.3 Å². The Balaban J connectivity index is 2.11. The fraction of sp³-hybridized carbons (Fsp3) is 0.154. The molecule has 0 aliphatic heterocycles. The second kappa shape index (κ2) is 5.87. The minimum Gasteiger partial charge on any atom is -0.382 e. The van der Waals surface area contributed by atoms with Crippen molar-refractivity contribution in [3.05, 3.63) is 47.2 Å². The van der Waals surface area contributed by atoms with E-state index in [1.807, 2.05) is 36.4 Å². The topological polar surface area (TPSA) is 67.6 Å². The van der Waals surface area contributed by atoms with Gasteiger partial charge in [0.2, 0.25) is 0 Å². The number of nitrogens with two attached hydrogens (primary N) is 1. The van der Waals surface area contributed by atoms with Crippen LogP contribution < -0.4 is 5.73 Å². The number of aromatic nitrogens is 2. The molecule has 0 amide bonds. The van der Waals surface area contributed by atoms with Gasteiger partial charge in [-0.05, 0) is 12.5 Å². The molecule has 0 saturated heterocycles. The van der Waals surface area contributed by atoms with E-state index in [9.17, 15) is 0 Å². The molecule has 1 heterocycles. The van der Waals surface area contributed by atoms with Crippen LogP contribution in [0.4, 0.5) is 5.82 Å². The number of nitriles is 1. The number of benzene rings is 1. The molecule has 0 saturated carbocycles. The Bertz CT molecular complexity index is 641. The number of thiocarbonyl (C=S) groups is 1. The molecular formula is C13H12N4S2. The Labute approximate surface area is 121 Å². The van der Waals surface area contributed by atoms with E-state index < -0.39 is 0 Å². The summed E-state index contributed by atoms with van der Waals surface area (Å²) in [6.07, 6.45) is 0. The highest BCUT2D eigenvalue weighted by Crippen LogP contribution is 2.20. The first-order valence-electron chi connectivity index (χ1n) is 5.59. The summed E-state index contributed by atoms with van der Waals surface area (Å²) in [6.45, 7) is 1.75. The molecule has 0 radical (unpaired) electrons. The molecule has 0 aliphatic carbocycles. The van der Waals surface area contributed by atoms with Crippen LogP contribution in [0.3, 0.4) is 0 Å². The molecule has 2 rings (SSSR count). The van der Waals surface area contributed by atoms with Crippen molar-refractivity contribution in [1.29, 1.82) is 5.26 Å². The quantitative estimate of drug-likeness (QED) is 0.861. The molecule has 1 aromatic heterocycles. The lowest BCUT2D eigenvalue weighted by Crippen LogP contribution is -2.11. The molecule has 4 nitrogen and oxygen atoms in total. The van der Waals surface area contributed by atoms with Gasteiger partial charge in [0.25, 0.3) is 0 Å². The highest BCUT2D eigenvalue weighted by molar-refractivity contribution is 8.22. The summed E-state index contributed by atoms with van der Waals surface area (Å²) in [5.41, 5.74) is 8.03. The predicted molar refractivity (Wildman–Crippen MR) is 81.8 cm³/mol. The Morgan fingerprint density at radius 2 is 2.16 bits per heavy atom. The summed E-state index contributed by atoms with van der Waals surface area (Å²) >= 11 is 6.77. The van der Waals surface area contributed by atoms with Crippen LogP contribution >= 0.6 is 24.0 Å². The van der Waals surface area contributed by atoms with Crippen LogP contribution in [-0.2, 0) is 5.75 Å². The van der Waals surface area contributed by atoms with E-state index in [-0.39, 0.29) is 0 Å². The van der Waals surface area contributed by atoms with Gasteiger partial charge in [0.05, 0.1) is 5.69 Å². The number of hydrogen-bond acceptors (Lipinski definition) is 5. The third kappa shape index (κ3) is 2.95. The van der Waals surface area contributed by atoms with Crippen molar-refractivity contribution in [2.45, 2.75) is 12.7 Å². The second-order valence-electron chi connectivity index (χ2n) is 3.91. The standard InChI is InChI=1S/C13H12N4S2/c1-9-11(7-14)12(15)17(16-9)13(18)19-8-10-5-3-2-4-6-10/h2-6H,8,15H2,1H3. The fourth-order valence-corrected chi connectivity index (χ4v) is 2.66. The van der Waals surface area contributed by atoms with Crippen molar-refractivity contribution in [2.24, 2.45) is 0 Å². The number of nitrogen functional groups attached to an aromatic ring is 1. The summed E-state index contributed by atoms with van der Waals surface area (Å²) < 4.78 is 2.00. The summed E-state index contributed by atoms with van der Waals surface area (Å²) in [5, 5.41) is 13.2. The number of nitrogens with zero attached hydrogens (tertiary/aromatic N) is 3. The first-order valence-corrected chi connectivity index (χ1v) is 6.99. The van der Waals surface area contributed by atoms with E-state index in [0.29, 0.717) is 21.4 Å². The molecule has 96 valence electrons. The molecule has 0 aliphatic rings. The van der Waals surface area contributed by atoms with E-state index in [0.717, 1.165) is 5.75 Å². The van der Waals surface area contributed by atoms with Crippen molar-refractivity contribution in [2.75, 3.05) is 5.73 Å². The van der Waals surface area contributed by atoms with Crippen molar-refractivity contribution in [1.82, 2.24) is 9.78 Å². The average Bonchev–Trinajstić information content (AvgIpc) is 2.72. The van der Waals surface area contributed by atoms with E-state index >= 15 is 0 Å². The van der Waals surface area contributed by atoms with E-state index in [1.165, 1.54) is 22.0 Å². The summed E-state index contributed by atoms with van der Waals surface area (Å²) in [5.74, 6) is 1.06. The zero-order chi connectivity index (χ0) is 13.8. The first kappa shape index (κ1) is 13.6. The monoisotopic (exact) mass is 288 g/mol. The summed E-state index contributed by atoms with van der Waals surface area (Å²) in [6, 6.07) is 12.1. The van der Waals surface area contributed by atoms with Crippen LogP contribution in [0.25, 0.3) is 0 Å². The van der Waals surface area contributed by atoms with Crippen LogP contribution in [0.15, 0.2) is 30.3 Å². The number of rotatable bonds is 2. The number of thioether (sulfide) groups is 1. The highest BCUT2D eigenvalue weighted by atomic mass is 32.2. The highest BCUT2D eigenvalue weighted by Gasteiger charge is 2.15. The molecule has 2 aromatic rings. The second-order valence-corrected chi connectivity index (χ2v) is 5.52. The van der Waals surface area contributed by atoms with E-state index in [4.69, 9.17) is 23.2 Å². The molecule has 2 N–H and O–H groups in total. The Kier molecular flexibility index (Phi) is 4.20. The summed E-state index contributed by atoms with van der Waals surface area (Å²) in [4.78, 5) is 0. The Hall–Kier alpha value is -1.84. The molecule has 6 heteroatoms. The van der Waals surface area contributed by atoms with Crippen LogP contribution in [0.2, 0.25) is 0 Å². The maximum atomic E-state index is 8.97. The lowest BCUT2D eigenvalue weighted by atomic mass is 10.2. The lowest BCUT2D eigenvalue weighted by molar-refractivity contribution is 0.946.